The number of carbonyl (C=O) groups excluding carboxylic acids is 3. The van der Waals surface area contributed by atoms with Gasteiger partial charge in [-0.15, -0.1) is 0 Å². The van der Waals surface area contributed by atoms with Gasteiger partial charge < -0.3 is 14.2 Å². The van der Waals surface area contributed by atoms with Crippen molar-refractivity contribution in [2.24, 2.45) is 48.7 Å². The summed E-state index contributed by atoms with van der Waals surface area (Å²) in [5.41, 5.74) is 1.92. The van der Waals surface area contributed by atoms with Crippen molar-refractivity contribution >= 4 is 19.4 Å². The summed E-state index contributed by atoms with van der Waals surface area (Å²) in [6, 6.07) is 0. The van der Waals surface area contributed by atoms with Crippen LogP contribution in [0.4, 0.5) is 0 Å². The second-order valence-electron chi connectivity index (χ2n) is 18.9. The van der Waals surface area contributed by atoms with Crippen LogP contribution >= 0.6 is 0 Å². The zero-order valence-corrected chi connectivity index (χ0v) is 31.8. The van der Waals surface area contributed by atoms with Crippen LogP contribution in [-0.4, -0.2) is 30.8 Å². The van der Waals surface area contributed by atoms with E-state index in [0.717, 1.165) is 0 Å². The molecule has 1 saturated carbocycles. The number of carbonyl (C=O) groups is 3. The van der Waals surface area contributed by atoms with Gasteiger partial charge >= 0.3 is 0 Å². The molecule has 0 saturated heterocycles. The zero-order valence-electron chi connectivity index (χ0n) is 31.8. The van der Waals surface area contributed by atoms with E-state index in [1.54, 1.807) is 0 Å². The van der Waals surface area contributed by atoms with Gasteiger partial charge in [0.2, 0.25) is 0 Å². The average molecular weight is 617 g/mol. The predicted octanol–water partition coefficient (Wildman–Crippen LogP) is 9.47. The van der Waals surface area contributed by atoms with Crippen LogP contribution in [-0.2, 0) is 28.6 Å². The zero-order chi connectivity index (χ0) is 35.2. The Kier molecular flexibility index (Phi) is 8.82. The van der Waals surface area contributed by atoms with Gasteiger partial charge in [-0.05, 0) is 35.5 Å². The molecule has 0 N–H and O–H groups in total. The SMILES string of the molecule is CC(C)(C)C1=CC(C)(C)C(C)(OC=O)C(C)(C)C1(C)C.CC1=C(C(C)(C)C)C(C)(C)C12C(C)(C)C(OC=O)(OC=O)C2(C)C. The molecule has 1 atom stereocenters. The normalized spacial score (nSPS) is 29.4. The summed E-state index contributed by atoms with van der Waals surface area (Å²) in [4.78, 5) is 33.5. The maximum Gasteiger partial charge on any atom is 0.296 e. The highest BCUT2D eigenvalue weighted by atomic mass is 16.7. The Labute approximate surface area is 269 Å². The van der Waals surface area contributed by atoms with Crippen molar-refractivity contribution in [3.8, 4) is 0 Å². The van der Waals surface area contributed by atoms with E-state index in [0.29, 0.717) is 19.4 Å². The fourth-order valence-electron chi connectivity index (χ4n) is 12.0. The molecule has 0 amide bonds. The predicted molar refractivity (Wildman–Crippen MR) is 177 cm³/mol. The lowest BCUT2D eigenvalue weighted by Gasteiger charge is -2.84. The van der Waals surface area contributed by atoms with Gasteiger partial charge in [0.15, 0.2) is 0 Å². The molecule has 6 heteroatoms. The Hall–Kier alpha value is -2.11. The quantitative estimate of drug-likeness (QED) is 0.168. The monoisotopic (exact) mass is 616 g/mol. The highest BCUT2D eigenvalue weighted by molar-refractivity contribution is 5.57. The Bertz CT molecular complexity index is 1210. The Morgan fingerprint density at radius 1 is 0.568 bits per heavy atom. The van der Waals surface area contributed by atoms with E-state index in [-0.39, 0.29) is 37.9 Å². The number of ether oxygens (including phenoxy) is 3. The van der Waals surface area contributed by atoms with Crippen molar-refractivity contribution in [3.63, 3.8) is 0 Å². The first-order valence-corrected chi connectivity index (χ1v) is 16.1. The van der Waals surface area contributed by atoms with E-state index < -0.39 is 22.2 Å². The second kappa shape index (κ2) is 10.2. The third-order valence-corrected chi connectivity index (χ3v) is 13.5. The molecular weight excluding hydrogens is 552 g/mol. The smallest absolute Gasteiger partial charge is 0.296 e. The van der Waals surface area contributed by atoms with Crippen molar-refractivity contribution in [1.82, 2.24) is 0 Å². The number of hydrogen-bond donors (Lipinski definition) is 0. The minimum absolute atomic E-state index is 0.0558. The number of hydrogen-bond acceptors (Lipinski definition) is 6. The van der Waals surface area contributed by atoms with Gasteiger partial charge in [-0.25, -0.2) is 0 Å². The van der Waals surface area contributed by atoms with Crippen molar-refractivity contribution < 1.29 is 28.6 Å². The summed E-state index contributed by atoms with van der Waals surface area (Å²) in [7, 11) is 0. The van der Waals surface area contributed by atoms with Crippen LogP contribution in [0.15, 0.2) is 22.8 Å². The standard InChI is InChI=1S/C20H32O4.C18H32O2/c1-13-14(15(2,3)4)16(5,6)19(13)17(7,8)20(23-11-21,24-12-22)18(19,9)10;1-14(2,3)13-11-15(4,5)18(10,20-12-19)17(8,9)16(13,6)7/h11-12H,1-10H3;11-12H,1-10H3. The minimum atomic E-state index is -1.27. The summed E-state index contributed by atoms with van der Waals surface area (Å²) < 4.78 is 16.6. The van der Waals surface area contributed by atoms with Gasteiger partial charge in [0, 0.05) is 16.2 Å². The fraction of sp³-hybridized carbons (Fsp3) is 0.816. The second-order valence-corrected chi connectivity index (χ2v) is 18.9. The molecule has 0 aromatic carbocycles. The van der Waals surface area contributed by atoms with E-state index in [1.807, 2.05) is 27.7 Å². The highest BCUT2D eigenvalue weighted by Gasteiger charge is 2.91. The molecule has 0 bridgehead atoms. The molecule has 1 fully saturated rings. The molecule has 252 valence electrons. The summed E-state index contributed by atoms with van der Waals surface area (Å²) in [6.45, 7) is 45.1. The molecule has 3 rings (SSSR count). The minimum Gasteiger partial charge on any atom is -0.460 e. The van der Waals surface area contributed by atoms with E-state index >= 15 is 0 Å². The first-order valence-electron chi connectivity index (χ1n) is 16.1. The molecule has 6 nitrogen and oxygen atoms in total. The van der Waals surface area contributed by atoms with Crippen LogP contribution in [0.5, 0.6) is 0 Å². The van der Waals surface area contributed by atoms with Crippen molar-refractivity contribution in [3.05, 3.63) is 22.8 Å². The van der Waals surface area contributed by atoms with E-state index in [4.69, 9.17) is 14.2 Å². The summed E-state index contributed by atoms with van der Waals surface area (Å²) >= 11 is 0. The van der Waals surface area contributed by atoms with Crippen LogP contribution in [0.1, 0.15) is 138 Å². The van der Waals surface area contributed by atoms with Crippen molar-refractivity contribution in [2.75, 3.05) is 0 Å². The van der Waals surface area contributed by atoms with Crippen LogP contribution < -0.4 is 0 Å². The van der Waals surface area contributed by atoms with Gasteiger partial charge in [0.25, 0.3) is 25.2 Å². The molecule has 0 aliphatic heterocycles. The van der Waals surface area contributed by atoms with Crippen LogP contribution in [0, 0.1) is 48.7 Å². The van der Waals surface area contributed by atoms with Crippen LogP contribution in [0.3, 0.4) is 0 Å². The third kappa shape index (κ3) is 4.13. The van der Waals surface area contributed by atoms with Crippen molar-refractivity contribution in [2.45, 2.75) is 150 Å². The van der Waals surface area contributed by atoms with E-state index in [1.165, 1.54) is 16.7 Å². The lowest BCUT2D eigenvalue weighted by atomic mass is 9.21. The molecule has 1 unspecified atom stereocenters. The molecule has 0 aromatic heterocycles. The van der Waals surface area contributed by atoms with E-state index in [2.05, 4.69) is 117 Å². The van der Waals surface area contributed by atoms with Gasteiger partial charge in [0.05, 0.1) is 10.8 Å². The van der Waals surface area contributed by atoms with Gasteiger partial charge in [-0.2, -0.15) is 0 Å². The lowest BCUT2D eigenvalue weighted by Crippen LogP contribution is -2.87. The maximum atomic E-state index is 11.2. The Morgan fingerprint density at radius 2 is 0.955 bits per heavy atom. The lowest BCUT2D eigenvalue weighted by molar-refractivity contribution is -0.450. The summed E-state index contributed by atoms with van der Waals surface area (Å²) in [5, 5.41) is 0. The number of allylic oxidation sites excluding steroid dienone is 3. The van der Waals surface area contributed by atoms with Gasteiger partial charge in [-0.3, -0.25) is 14.4 Å². The fourth-order valence-corrected chi connectivity index (χ4v) is 12.0. The molecule has 3 aliphatic carbocycles. The molecular formula is C38H64O6. The molecule has 3 aliphatic rings. The maximum absolute atomic E-state index is 11.2. The first-order chi connectivity index (χ1) is 19.3. The Balaban J connectivity index is 0.000000312. The summed E-state index contributed by atoms with van der Waals surface area (Å²) in [5.74, 6) is -1.27. The van der Waals surface area contributed by atoms with Crippen LogP contribution in [0.25, 0.3) is 0 Å². The van der Waals surface area contributed by atoms with Crippen LogP contribution in [0.2, 0.25) is 0 Å². The highest BCUT2D eigenvalue weighted by Crippen LogP contribution is 2.88. The molecule has 1 spiro atoms. The topological polar surface area (TPSA) is 78.9 Å². The molecule has 0 radical (unpaired) electrons. The summed E-state index contributed by atoms with van der Waals surface area (Å²) in [6.07, 6.45) is 2.34. The first kappa shape index (κ1) is 38.1. The van der Waals surface area contributed by atoms with E-state index in [9.17, 15) is 14.4 Å². The molecule has 0 heterocycles. The number of rotatable bonds is 6. The average Bonchev–Trinajstić information content (AvgIpc) is 2.79. The molecule has 0 aromatic rings. The largest absolute Gasteiger partial charge is 0.460 e. The van der Waals surface area contributed by atoms with Gasteiger partial charge in [-0.1, -0.05) is 147 Å². The Morgan fingerprint density at radius 3 is 1.25 bits per heavy atom. The van der Waals surface area contributed by atoms with Crippen molar-refractivity contribution in [1.29, 1.82) is 0 Å². The molecule has 44 heavy (non-hydrogen) atoms. The third-order valence-electron chi connectivity index (χ3n) is 13.5. The van der Waals surface area contributed by atoms with Gasteiger partial charge in [0.1, 0.15) is 5.60 Å².